The normalized spacial score (nSPS) is 11.8. The van der Waals surface area contributed by atoms with Crippen molar-refractivity contribution in [1.82, 2.24) is 14.5 Å². The number of aromatic nitrogens is 3. The third kappa shape index (κ3) is 2.47. The molecule has 0 bridgehead atoms. The number of rotatable bonds is 2. The zero-order chi connectivity index (χ0) is 21.1. The molecule has 4 aromatic carbocycles. The van der Waals surface area contributed by atoms with Crippen molar-refractivity contribution in [3.8, 4) is 16.8 Å². The molecular formula is C28H17N3S. The number of para-hydroxylation sites is 1. The van der Waals surface area contributed by atoms with Crippen LogP contribution in [0.5, 0.6) is 0 Å². The minimum atomic E-state index is 1.03. The maximum absolute atomic E-state index is 4.52. The van der Waals surface area contributed by atoms with Gasteiger partial charge in [-0.15, -0.1) is 11.3 Å². The van der Waals surface area contributed by atoms with Crippen LogP contribution in [0, 0.1) is 0 Å². The summed E-state index contributed by atoms with van der Waals surface area (Å²) in [6.07, 6.45) is 3.56. The van der Waals surface area contributed by atoms with Crippen molar-refractivity contribution in [2.24, 2.45) is 0 Å². The average molecular weight is 428 g/mol. The Morgan fingerprint density at radius 2 is 1.38 bits per heavy atom. The van der Waals surface area contributed by atoms with Crippen molar-refractivity contribution in [2.45, 2.75) is 0 Å². The number of benzene rings is 4. The Kier molecular flexibility index (Phi) is 3.72. The molecule has 3 heterocycles. The predicted molar refractivity (Wildman–Crippen MR) is 135 cm³/mol. The predicted octanol–water partition coefficient (Wildman–Crippen LogP) is 7.61. The topological polar surface area (TPSA) is 30.7 Å². The van der Waals surface area contributed by atoms with Gasteiger partial charge in [0, 0.05) is 33.4 Å². The summed E-state index contributed by atoms with van der Waals surface area (Å²) >= 11 is 1.74. The Balaban J connectivity index is 1.57. The summed E-state index contributed by atoms with van der Waals surface area (Å²) in [6.45, 7) is 0. The van der Waals surface area contributed by atoms with E-state index in [4.69, 9.17) is 0 Å². The molecule has 0 unspecified atom stereocenters. The molecule has 0 amide bonds. The molecule has 7 rings (SSSR count). The summed E-state index contributed by atoms with van der Waals surface area (Å²) in [5, 5.41) is 4.86. The lowest BCUT2D eigenvalue weighted by atomic mass is 10.1. The summed E-state index contributed by atoms with van der Waals surface area (Å²) in [5.74, 6) is 0. The van der Waals surface area contributed by atoms with Gasteiger partial charge in [-0.25, -0.2) is 9.97 Å². The lowest BCUT2D eigenvalue weighted by molar-refractivity contribution is 1.19. The molecule has 0 N–H and O–H groups in total. The van der Waals surface area contributed by atoms with Crippen molar-refractivity contribution >= 4 is 53.4 Å². The van der Waals surface area contributed by atoms with E-state index in [9.17, 15) is 0 Å². The van der Waals surface area contributed by atoms with Gasteiger partial charge in [-0.05, 0) is 29.3 Å². The first-order valence-electron chi connectivity index (χ1n) is 10.6. The molecule has 32 heavy (non-hydrogen) atoms. The minimum Gasteiger partial charge on any atom is -0.308 e. The highest BCUT2D eigenvalue weighted by Gasteiger charge is 2.17. The molecule has 0 aliphatic rings. The van der Waals surface area contributed by atoms with Gasteiger partial charge in [-0.2, -0.15) is 0 Å². The highest BCUT2D eigenvalue weighted by molar-refractivity contribution is 7.26. The monoisotopic (exact) mass is 427 g/mol. The van der Waals surface area contributed by atoms with Gasteiger partial charge in [0.25, 0.3) is 0 Å². The van der Waals surface area contributed by atoms with Crippen LogP contribution >= 0.6 is 11.3 Å². The van der Waals surface area contributed by atoms with Gasteiger partial charge >= 0.3 is 0 Å². The molecule has 0 aliphatic heterocycles. The van der Waals surface area contributed by atoms with Gasteiger partial charge in [0.1, 0.15) is 11.2 Å². The molecular weight excluding hydrogens is 410 g/mol. The third-order valence-corrected chi connectivity index (χ3v) is 7.32. The molecule has 0 aliphatic carbocycles. The Hall–Kier alpha value is -4.02. The fourth-order valence-electron chi connectivity index (χ4n) is 4.73. The quantitative estimate of drug-likeness (QED) is 0.284. The fraction of sp³-hybridized carbons (Fsp3) is 0. The van der Waals surface area contributed by atoms with Crippen molar-refractivity contribution in [2.75, 3.05) is 0 Å². The van der Waals surface area contributed by atoms with Crippen molar-refractivity contribution in [1.29, 1.82) is 0 Å². The Morgan fingerprint density at radius 1 is 0.625 bits per heavy atom. The fourth-order valence-corrected chi connectivity index (χ4v) is 5.88. The zero-order valence-electron chi connectivity index (χ0n) is 17.1. The molecule has 0 fully saturated rings. The summed E-state index contributed by atoms with van der Waals surface area (Å²) in [6, 6.07) is 32.5. The number of hydrogen-bond donors (Lipinski definition) is 0. The second-order valence-corrected chi connectivity index (χ2v) is 8.95. The van der Waals surface area contributed by atoms with E-state index < -0.39 is 0 Å². The summed E-state index contributed by atoms with van der Waals surface area (Å²) in [7, 11) is 0. The Labute approximate surface area is 188 Å². The van der Waals surface area contributed by atoms with Crippen LogP contribution in [-0.4, -0.2) is 14.5 Å². The number of fused-ring (bicyclic) bond motifs is 7. The van der Waals surface area contributed by atoms with Crippen LogP contribution in [0.4, 0.5) is 0 Å². The maximum Gasteiger partial charge on any atom is 0.127 e. The van der Waals surface area contributed by atoms with E-state index in [-0.39, 0.29) is 0 Å². The van der Waals surface area contributed by atoms with Crippen LogP contribution < -0.4 is 0 Å². The van der Waals surface area contributed by atoms with Crippen LogP contribution in [0.3, 0.4) is 0 Å². The molecule has 0 atom stereocenters. The molecule has 150 valence electrons. The van der Waals surface area contributed by atoms with E-state index in [2.05, 4.69) is 106 Å². The Bertz CT molecular complexity index is 1760. The van der Waals surface area contributed by atoms with E-state index in [0.29, 0.717) is 0 Å². The van der Waals surface area contributed by atoms with Crippen LogP contribution in [0.25, 0.3) is 58.9 Å². The van der Waals surface area contributed by atoms with Gasteiger partial charge in [-0.1, -0.05) is 72.8 Å². The molecule has 0 saturated carbocycles. The standard InChI is InChI=1S/C28H17N3S/c1-2-6-18(7-3-1)19-10-12-20(13-11-19)31-25-9-5-4-8-21(25)22-14-15-23-24-16-29-17-30-28(24)32-27(23)26(22)31/h1-17H. The molecule has 3 nitrogen and oxygen atoms in total. The first-order valence-corrected chi connectivity index (χ1v) is 11.4. The summed E-state index contributed by atoms with van der Waals surface area (Å²) in [4.78, 5) is 9.82. The first-order chi connectivity index (χ1) is 15.9. The molecule has 0 radical (unpaired) electrons. The van der Waals surface area contributed by atoms with Crippen LogP contribution in [0.15, 0.2) is 104 Å². The summed E-state index contributed by atoms with van der Waals surface area (Å²) in [5.41, 5.74) is 6.06. The minimum absolute atomic E-state index is 1.03. The smallest absolute Gasteiger partial charge is 0.127 e. The van der Waals surface area contributed by atoms with E-state index in [1.165, 1.54) is 43.0 Å². The van der Waals surface area contributed by atoms with E-state index in [0.717, 1.165) is 15.9 Å². The third-order valence-electron chi connectivity index (χ3n) is 6.19. The lowest BCUT2D eigenvalue weighted by Gasteiger charge is -2.10. The molecule has 0 saturated heterocycles. The maximum atomic E-state index is 4.52. The van der Waals surface area contributed by atoms with Gasteiger partial charge in [0.05, 0.1) is 15.7 Å². The number of nitrogens with zero attached hydrogens (tertiary/aromatic N) is 3. The van der Waals surface area contributed by atoms with Gasteiger partial charge in [0.2, 0.25) is 0 Å². The molecule has 4 heteroatoms. The van der Waals surface area contributed by atoms with E-state index in [1.807, 2.05) is 6.20 Å². The van der Waals surface area contributed by atoms with Crippen molar-refractivity contribution < 1.29 is 0 Å². The highest BCUT2D eigenvalue weighted by atomic mass is 32.1. The van der Waals surface area contributed by atoms with Gasteiger partial charge < -0.3 is 4.57 Å². The van der Waals surface area contributed by atoms with Crippen LogP contribution in [0.1, 0.15) is 0 Å². The SMILES string of the molecule is c1ccc(-c2ccc(-n3c4ccccc4c4ccc5c6cncnc6sc5c43)cc2)cc1. The second-order valence-electron chi connectivity index (χ2n) is 7.95. The number of thiophene rings is 1. The van der Waals surface area contributed by atoms with Crippen molar-refractivity contribution in [3.63, 3.8) is 0 Å². The first kappa shape index (κ1) is 17.6. The highest BCUT2D eigenvalue weighted by Crippen LogP contribution is 2.42. The Morgan fingerprint density at radius 3 is 2.25 bits per heavy atom. The molecule has 7 aromatic rings. The van der Waals surface area contributed by atoms with Gasteiger partial charge in [0.15, 0.2) is 0 Å². The van der Waals surface area contributed by atoms with Crippen LogP contribution in [0.2, 0.25) is 0 Å². The van der Waals surface area contributed by atoms with Gasteiger partial charge in [-0.3, -0.25) is 0 Å². The molecule has 3 aromatic heterocycles. The zero-order valence-corrected chi connectivity index (χ0v) is 17.9. The molecule has 0 spiro atoms. The van der Waals surface area contributed by atoms with Crippen LogP contribution in [-0.2, 0) is 0 Å². The largest absolute Gasteiger partial charge is 0.308 e. The number of hydrogen-bond acceptors (Lipinski definition) is 3. The average Bonchev–Trinajstić information content (AvgIpc) is 3.41. The van der Waals surface area contributed by atoms with E-state index in [1.54, 1.807) is 17.7 Å². The van der Waals surface area contributed by atoms with Crippen molar-refractivity contribution in [3.05, 3.63) is 104 Å². The lowest BCUT2D eigenvalue weighted by Crippen LogP contribution is -1.93. The van der Waals surface area contributed by atoms with E-state index >= 15 is 0 Å². The second kappa shape index (κ2) is 6.74. The summed E-state index contributed by atoms with van der Waals surface area (Å²) < 4.78 is 3.64.